The summed E-state index contributed by atoms with van der Waals surface area (Å²) in [6, 6.07) is 12.5. The highest BCUT2D eigenvalue weighted by molar-refractivity contribution is 9.10. The molecule has 0 saturated carbocycles. The van der Waals surface area contributed by atoms with Gasteiger partial charge in [0.05, 0.1) is 20.4 Å². The van der Waals surface area contributed by atoms with E-state index in [2.05, 4.69) is 26.5 Å². The second-order valence-electron chi connectivity index (χ2n) is 4.64. The number of benzene rings is 2. The molecule has 0 aliphatic heterocycles. The number of carbonyl (C=O) groups excluding carboxylic acids is 1. The van der Waals surface area contributed by atoms with E-state index >= 15 is 0 Å². The molecule has 0 aliphatic carbocycles. The van der Waals surface area contributed by atoms with Crippen molar-refractivity contribution in [3.05, 3.63) is 52.5 Å². The van der Waals surface area contributed by atoms with Crippen molar-refractivity contribution >= 4 is 28.1 Å². The highest BCUT2D eigenvalue weighted by atomic mass is 79.9. The van der Waals surface area contributed by atoms with Gasteiger partial charge < -0.3 is 14.2 Å². The molecule has 0 radical (unpaired) electrons. The Bertz CT molecular complexity index is 717. The van der Waals surface area contributed by atoms with E-state index in [1.54, 1.807) is 44.6 Å². The van der Waals surface area contributed by atoms with Gasteiger partial charge in [-0.25, -0.2) is 5.43 Å². The molecule has 0 spiro atoms. The summed E-state index contributed by atoms with van der Waals surface area (Å²) >= 11 is 3.33. The number of methoxy groups -OCH3 is 2. The summed E-state index contributed by atoms with van der Waals surface area (Å²) < 4.78 is 16.7. The zero-order chi connectivity index (χ0) is 17.4. The number of carbonyl (C=O) groups is 1. The van der Waals surface area contributed by atoms with Crippen molar-refractivity contribution in [1.82, 2.24) is 5.43 Å². The fraction of sp³-hybridized carbons (Fsp3) is 0.176. The van der Waals surface area contributed by atoms with E-state index in [9.17, 15) is 4.79 Å². The van der Waals surface area contributed by atoms with Gasteiger partial charge >= 0.3 is 0 Å². The summed E-state index contributed by atoms with van der Waals surface area (Å²) in [5.74, 6) is 1.53. The molecule has 0 atom stereocenters. The van der Waals surface area contributed by atoms with Crippen LogP contribution in [0.25, 0.3) is 0 Å². The van der Waals surface area contributed by atoms with E-state index in [4.69, 9.17) is 14.2 Å². The van der Waals surface area contributed by atoms with Gasteiger partial charge in [0.2, 0.25) is 0 Å². The normalized spacial score (nSPS) is 10.5. The predicted octanol–water partition coefficient (Wildman–Crippen LogP) is 3.00. The molecule has 0 bridgehead atoms. The van der Waals surface area contributed by atoms with Crippen LogP contribution < -0.4 is 19.6 Å². The highest BCUT2D eigenvalue weighted by Crippen LogP contribution is 2.22. The van der Waals surface area contributed by atoms with Crippen LogP contribution in [-0.4, -0.2) is 32.9 Å². The monoisotopic (exact) mass is 392 g/mol. The molecule has 2 rings (SSSR count). The van der Waals surface area contributed by atoms with Gasteiger partial charge in [-0.15, -0.1) is 0 Å². The van der Waals surface area contributed by atoms with Crippen molar-refractivity contribution in [2.75, 3.05) is 20.8 Å². The minimum absolute atomic E-state index is 0.131. The number of nitrogens with one attached hydrogen (secondary N) is 1. The minimum Gasteiger partial charge on any atom is -0.497 e. The van der Waals surface area contributed by atoms with Gasteiger partial charge in [0.25, 0.3) is 5.91 Å². The standard InChI is InChI=1S/C17H17BrN2O4/c1-22-15-7-8-16(23-2)12(9-15)10-19-20-17(21)11-24-14-5-3-13(18)4-6-14/h3-10H,11H2,1-2H3,(H,20,21). The van der Waals surface area contributed by atoms with E-state index in [1.165, 1.54) is 6.21 Å². The molecule has 0 aromatic heterocycles. The first kappa shape index (κ1) is 17.8. The first-order valence-corrected chi connectivity index (χ1v) is 7.84. The zero-order valence-corrected chi connectivity index (χ0v) is 14.9. The van der Waals surface area contributed by atoms with E-state index in [1.807, 2.05) is 12.1 Å². The maximum absolute atomic E-state index is 11.7. The maximum Gasteiger partial charge on any atom is 0.277 e. The number of hydrogen-bond acceptors (Lipinski definition) is 5. The lowest BCUT2D eigenvalue weighted by Gasteiger charge is -2.07. The molecule has 2 aromatic rings. The van der Waals surface area contributed by atoms with Gasteiger partial charge in [-0.2, -0.15) is 5.10 Å². The summed E-state index contributed by atoms with van der Waals surface area (Å²) in [5, 5.41) is 3.90. The lowest BCUT2D eigenvalue weighted by molar-refractivity contribution is -0.123. The third kappa shape index (κ3) is 5.27. The number of halogens is 1. The van der Waals surface area contributed by atoms with Gasteiger partial charge in [-0.05, 0) is 42.5 Å². The van der Waals surface area contributed by atoms with E-state index in [0.29, 0.717) is 22.8 Å². The van der Waals surface area contributed by atoms with Crippen LogP contribution in [0.4, 0.5) is 0 Å². The van der Waals surface area contributed by atoms with Crippen LogP contribution in [0, 0.1) is 0 Å². The highest BCUT2D eigenvalue weighted by Gasteiger charge is 2.04. The summed E-state index contributed by atoms with van der Waals surface area (Å²) in [6.45, 7) is -0.131. The van der Waals surface area contributed by atoms with Crippen molar-refractivity contribution in [1.29, 1.82) is 0 Å². The Labute approximate surface area is 148 Å². The first-order valence-electron chi connectivity index (χ1n) is 7.04. The third-order valence-corrected chi connectivity index (χ3v) is 3.54. The second-order valence-corrected chi connectivity index (χ2v) is 5.56. The first-order chi connectivity index (χ1) is 11.6. The van der Waals surface area contributed by atoms with Crippen LogP contribution in [0.3, 0.4) is 0 Å². The van der Waals surface area contributed by atoms with Crippen LogP contribution in [0.5, 0.6) is 17.2 Å². The van der Waals surface area contributed by atoms with E-state index in [-0.39, 0.29) is 12.5 Å². The number of ether oxygens (including phenoxy) is 3. The third-order valence-electron chi connectivity index (χ3n) is 3.01. The van der Waals surface area contributed by atoms with Gasteiger partial charge in [0, 0.05) is 10.0 Å². The van der Waals surface area contributed by atoms with Gasteiger partial charge in [0.1, 0.15) is 17.2 Å². The summed E-state index contributed by atoms with van der Waals surface area (Å²) in [5.41, 5.74) is 3.09. The van der Waals surface area contributed by atoms with Gasteiger partial charge in [0.15, 0.2) is 6.61 Å². The van der Waals surface area contributed by atoms with Crippen molar-refractivity contribution in [2.24, 2.45) is 5.10 Å². The molecule has 0 heterocycles. The fourth-order valence-corrected chi connectivity index (χ4v) is 2.09. The molecule has 24 heavy (non-hydrogen) atoms. The number of hydrogen-bond donors (Lipinski definition) is 1. The van der Waals surface area contributed by atoms with Crippen molar-refractivity contribution in [3.63, 3.8) is 0 Å². The molecule has 0 saturated heterocycles. The molecule has 7 heteroatoms. The maximum atomic E-state index is 11.7. The Morgan fingerprint density at radius 2 is 1.83 bits per heavy atom. The second kappa shape index (κ2) is 8.93. The molecule has 1 N–H and O–H groups in total. The van der Waals surface area contributed by atoms with Crippen LogP contribution >= 0.6 is 15.9 Å². The Morgan fingerprint density at radius 3 is 2.50 bits per heavy atom. The fourth-order valence-electron chi connectivity index (χ4n) is 1.83. The molecule has 126 valence electrons. The molecule has 6 nitrogen and oxygen atoms in total. The van der Waals surface area contributed by atoms with E-state index in [0.717, 1.165) is 4.47 Å². The Kier molecular flexibility index (Phi) is 6.62. The average molecular weight is 393 g/mol. The van der Waals surface area contributed by atoms with Crippen molar-refractivity contribution < 1.29 is 19.0 Å². The van der Waals surface area contributed by atoms with Gasteiger partial charge in [-0.3, -0.25) is 4.79 Å². The summed E-state index contributed by atoms with van der Waals surface area (Å²) in [6.07, 6.45) is 1.49. The number of nitrogens with zero attached hydrogens (tertiary/aromatic N) is 1. The minimum atomic E-state index is -0.365. The predicted molar refractivity (Wildman–Crippen MR) is 94.9 cm³/mol. The number of rotatable bonds is 7. The molecule has 0 aliphatic rings. The SMILES string of the molecule is COc1ccc(OC)c(C=NNC(=O)COc2ccc(Br)cc2)c1. The molecule has 2 aromatic carbocycles. The smallest absolute Gasteiger partial charge is 0.277 e. The quantitative estimate of drug-likeness (QED) is 0.580. The Morgan fingerprint density at radius 1 is 1.12 bits per heavy atom. The molecular formula is C17H17BrN2O4. The van der Waals surface area contributed by atoms with Crippen LogP contribution in [0.2, 0.25) is 0 Å². The van der Waals surface area contributed by atoms with Crippen LogP contribution in [0.15, 0.2) is 52.0 Å². The van der Waals surface area contributed by atoms with Gasteiger partial charge in [-0.1, -0.05) is 15.9 Å². The molecular weight excluding hydrogens is 376 g/mol. The average Bonchev–Trinajstić information content (AvgIpc) is 2.61. The Hall–Kier alpha value is -2.54. The topological polar surface area (TPSA) is 69.2 Å². The van der Waals surface area contributed by atoms with Crippen molar-refractivity contribution in [2.45, 2.75) is 0 Å². The number of hydrazone groups is 1. The van der Waals surface area contributed by atoms with E-state index < -0.39 is 0 Å². The van der Waals surface area contributed by atoms with Crippen LogP contribution in [-0.2, 0) is 4.79 Å². The Balaban J connectivity index is 1.89. The lowest BCUT2D eigenvalue weighted by Crippen LogP contribution is -2.24. The molecule has 1 amide bonds. The van der Waals surface area contributed by atoms with Crippen molar-refractivity contribution in [3.8, 4) is 17.2 Å². The molecule has 0 unspecified atom stereocenters. The number of amides is 1. The van der Waals surface area contributed by atoms with Crippen LogP contribution in [0.1, 0.15) is 5.56 Å². The summed E-state index contributed by atoms with van der Waals surface area (Å²) in [7, 11) is 3.13. The zero-order valence-electron chi connectivity index (χ0n) is 13.3. The summed E-state index contributed by atoms with van der Waals surface area (Å²) in [4.78, 5) is 11.7. The molecule has 0 fully saturated rings. The lowest BCUT2D eigenvalue weighted by atomic mass is 10.2. The largest absolute Gasteiger partial charge is 0.497 e.